The third-order valence-corrected chi connectivity index (χ3v) is 5.63. The van der Waals surface area contributed by atoms with Crippen LogP contribution in [0.25, 0.3) is 0 Å². The van der Waals surface area contributed by atoms with Crippen molar-refractivity contribution in [3.8, 4) is 5.75 Å². The maximum absolute atomic E-state index is 12.3. The SMILES string of the molecule is COc1ccc(S(=O)(=O)NCc2nc(C)c(C)s2)cc1C. The molecule has 1 aromatic carbocycles. The Balaban J connectivity index is 2.16. The lowest BCUT2D eigenvalue weighted by Gasteiger charge is -2.09. The second-order valence-corrected chi connectivity index (χ2v) is 7.76. The highest BCUT2D eigenvalue weighted by Crippen LogP contribution is 2.22. The van der Waals surface area contributed by atoms with Crippen molar-refractivity contribution in [3.05, 3.63) is 39.3 Å². The van der Waals surface area contributed by atoms with Gasteiger partial charge in [-0.3, -0.25) is 0 Å². The Morgan fingerprint density at radius 3 is 2.52 bits per heavy atom. The molecular formula is C14H18N2O3S2. The Morgan fingerprint density at radius 2 is 2.00 bits per heavy atom. The van der Waals surface area contributed by atoms with Gasteiger partial charge >= 0.3 is 0 Å². The monoisotopic (exact) mass is 326 g/mol. The molecule has 0 aliphatic carbocycles. The third-order valence-electron chi connectivity index (χ3n) is 3.16. The van der Waals surface area contributed by atoms with Gasteiger partial charge in [-0.25, -0.2) is 18.1 Å². The number of aryl methyl sites for hydroxylation is 3. The summed E-state index contributed by atoms with van der Waals surface area (Å²) < 4.78 is 32.3. The first-order chi connectivity index (χ1) is 9.83. The maximum atomic E-state index is 12.3. The van der Waals surface area contributed by atoms with Gasteiger partial charge < -0.3 is 4.74 Å². The summed E-state index contributed by atoms with van der Waals surface area (Å²) in [5.41, 5.74) is 1.72. The van der Waals surface area contributed by atoms with Gasteiger partial charge in [-0.15, -0.1) is 11.3 Å². The van der Waals surface area contributed by atoms with E-state index in [4.69, 9.17) is 4.74 Å². The fraction of sp³-hybridized carbons (Fsp3) is 0.357. The van der Waals surface area contributed by atoms with E-state index >= 15 is 0 Å². The van der Waals surface area contributed by atoms with Crippen LogP contribution < -0.4 is 9.46 Å². The summed E-state index contributed by atoms with van der Waals surface area (Å²) >= 11 is 1.50. The zero-order valence-electron chi connectivity index (χ0n) is 12.4. The zero-order valence-corrected chi connectivity index (χ0v) is 14.1. The number of hydrogen-bond acceptors (Lipinski definition) is 5. The summed E-state index contributed by atoms with van der Waals surface area (Å²) in [6.45, 7) is 5.90. The number of sulfonamides is 1. The van der Waals surface area contributed by atoms with Gasteiger partial charge in [0, 0.05) is 4.88 Å². The molecule has 2 aromatic rings. The second kappa shape index (κ2) is 6.13. The Kier molecular flexibility index (Phi) is 4.65. The molecule has 0 amide bonds. The van der Waals surface area contributed by atoms with Gasteiger partial charge in [0.15, 0.2) is 0 Å². The van der Waals surface area contributed by atoms with Crippen molar-refractivity contribution in [3.63, 3.8) is 0 Å². The van der Waals surface area contributed by atoms with Crippen molar-refractivity contribution in [2.24, 2.45) is 0 Å². The van der Waals surface area contributed by atoms with Gasteiger partial charge in [0.1, 0.15) is 10.8 Å². The number of thiazole rings is 1. The molecule has 0 radical (unpaired) electrons. The summed E-state index contributed by atoms with van der Waals surface area (Å²) in [4.78, 5) is 5.65. The fourth-order valence-electron chi connectivity index (χ4n) is 1.87. The van der Waals surface area contributed by atoms with Crippen molar-refractivity contribution in [2.75, 3.05) is 7.11 Å². The standard InChI is InChI=1S/C14H18N2O3S2/c1-9-7-12(5-6-13(9)19-4)21(17,18)15-8-14-16-10(2)11(3)20-14/h5-7,15H,8H2,1-4H3. The molecular weight excluding hydrogens is 308 g/mol. The number of rotatable bonds is 5. The van der Waals surface area contributed by atoms with E-state index in [1.54, 1.807) is 19.2 Å². The Morgan fingerprint density at radius 1 is 1.29 bits per heavy atom. The number of benzene rings is 1. The van der Waals surface area contributed by atoms with Crippen LogP contribution in [-0.2, 0) is 16.6 Å². The van der Waals surface area contributed by atoms with Crippen LogP contribution >= 0.6 is 11.3 Å². The largest absolute Gasteiger partial charge is 0.496 e. The molecule has 5 nitrogen and oxygen atoms in total. The molecule has 0 atom stereocenters. The highest BCUT2D eigenvalue weighted by Gasteiger charge is 2.16. The van der Waals surface area contributed by atoms with Gasteiger partial charge in [0.25, 0.3) is 0 Å². The summed E-state index contributed by atoms with van der Waals surface area (Å²) in [6.07, 6.45) is 0. The van der Waals surface area contributed by atoms with Crippen LogP contribution in [0.4, 0.5) is 0 Å². The molecule has 0 fully saturated rings. The van der Waals surface area contributed by atoms with Crippen molar-refractivity contribution in [2.45, 2.75) is 32.2 Å². The lowest BCUT2D eigenvalue weighted by molar-refractivity contribution is 0.411. The predicted octanol–water partition coefficient (Wildman–Crippen LogP) is 2.56. The lowest BCUT2D eigenvalue weighted by Crippen LogP contribution is -2.23. The van der Waals surface area contributed by atoms with Gasteiger partial charge in [-0.05, 0) is 44.5 Å². The quantitative estimate of drug-likeness (QED) is 0.917. The summed E-state index contributed by atoms with van der Waals surface area (Å²) in [5, 5.41) is 0.763. The van der Waals surface area contributed by atoms with Crippen LogP contribution in [0.15, 0.2) is 23.1 Å². The van der Waals surface area contributed by atoms with Crippen molar-refractivity contribution >= 4 is 21.4 Å². The van der Waals surface area contributed by atoms with Crippen LogP contribution in [0.1, 0.15) is 21.1 Å². The molecule has 7 heteroatoms. The van der Waals surface area contributed by atoms with E-state index in [0.717, 1.165) is 21.1 Å². The minimum absolute atomic E-state index is 0.201. The van der Waals surface area contributed by atoms with E-state index in [9.17, 15) is 8.42 Å². The first-order valence-electron chi connectivity index (χ1n) is 6.40. The number of aromatic nitrogens is 1. The van der Waals surface area contributed by atoms with Crippen LogP contribution in [0, 0.1) is 20.8 Å². The van der Waals surface area contributed by atoms with E-state index in [-0.39, 0.29) is 11.4 Å². The first-order valence-corrected chi connectivity index (χ1v) is 8.70. The van der Waals surface area contributed by atoms with Crippen LogP contribution in [0.5, 0.6) is 5.75 Å². The van der Waals surface area contributed by atoms with E-state index in [1.807, 2.05) is 20.8 Å². The van der Waals surface area contributed by atoms with E-state index in [2.05, 4.69) is 9.71 Å². The predicted molar refractivity (Wildman–Crippen MR) is 83.3 cm³/mol. The van der Waals surface area contributed by atoms with Gasteiger partial charge in [0.2, 0.25) is 10.0 Å². The maximum Gasteiger partial charge on any atom is 0.240 e. The van der Waals surface area contributed by atoms with Crippen LogP contribution in [-0.4, -0.2) is 20.5 Å². The molecule has 1 N–H and O–H groups in total. The van der Waals surface area contributed by atoms with Crippen LogP contribution in [0.2, 0.25) is 0 Å². The average Bonchev–Trinajstić information content (AvgIpc) is 2.76. The van der Waals surface area contributed by atoms with Gasteiger partial charge in [-0.2, -0.15) is 0 Å². The summed E-state index contributed by atoms with van der Waals surface area (Å²) in [6, 6.07) is 4.79. The van der Waals surface area contributed by atoms with Crippen molar-refractivity contribution < 1.29 is 13.2 Å². The molecule has 114 valence electrons. The minimum Gasteiger partial charge on any atom is -0.496 e. The average molecular weight is 326 g/mol. The van der Waals surface area contributed by atoms with Gasteiger partial charge in [0.05, 0.1) is 24.2 Å². The minimum atomic E-state index is -3.55. The fourth-order valence-corrected chi connectivity index (χ4v) is 3.91. The van der Waals surface area contributed by atoms with E-state index in [1.165, 1.54) is 17.4 Å². The van der Waals surface area contributed by atoms with Crippen LogP contribution in [0.3, 0.4) is 0 Å². The summed E-state index contributed by atoms with van der Waals surface area (Å²) in [7, 11) is -1.99. The molecule has 1 heterocycles. The second-order valence-electron chi connectivity index (χ2n) is 4.71. The summed E-state index contributed by atoms with van der Waals surface area (Å²) in [5.74, 6) is 0.667. The molecule has 21 heavy (non-hydrogen) atoms. The number of nitrogens with zero attached hydrogens (tertiary/aromatic N) is 1. The van der Waals surface area contributed by atoms with E-state index in [0.29, 0.717) is 5.75 Å². The molecule has 0 aliphatic heterocycles. The number of ether oxygens (including phenoxy) is 1. The first kappa shape index (κ1) is 15.9. The molecule has 0 spiro atoms. The molecule has 2 rings (SSSR count). The smallest absolute Gasteiger partial charge is 0.240 e. The Labute approximate surface area is 129 Å². The highest BCUT2D eigenvalue weighted by molar-refractivity contribution is 7.89. The molecule has 0 unspecified atom stereocenters. The molecule has 0 saturated heterocycles. The Bertz CT molecular complexity index is 732. The van der Waals surface area contributed by atoms with E-state index < -0.39 is 10.0 Å². The lowest BCUT2D eigenvalue weighted by atomic mass is 10.2. The molecule has 0 bridgehead atoms. The molecule has 0 saturated carbocycles. The number of hydrogen-bond donors (Lipinski definition) is 1. The number of methoxy groups -OCH3 is 1. The van der Waals surface area contributed by atoms with Crippen molar-refractivity contribution in [1.82, 2.24) is 9.71 Å². The molecule has 0 aliphatic rings. The van der Waals surface area contributed by atoms with Crippen molar-refractivity contribution in [1.29, 1.82) is 0 Å². The molecule has 1 aromatic heterocycles. The zero-order chi connectivity index (χ0) is 15.6. The normalized spacial score (nSPS) is 11.6. The number of nitrogens with one attached hydrogen (secondary N) is 1. The topological polar surface area (TPSA) is 68.3 Å². The third kappa shape index (κ3) is 3.61. The van der Waals surface area contributed by atoms with Gasteiger partial charge in [-0.1, -0.05) is 0 Å². The highest BCUT2D eigenvalue weighted by atomic mass is 32.2. The Hall–Kier alpha value is -1.44.